The van der Waals surface area contributed by atoms with Crippen molar-refractivity contribution in [2.24, 2.45) is 0 Å². The molecule has 3 atom stereocenters. The van der Waals surface area contributed by atoms with Crippen molar-refractivity contribution in [2.45, 2.75) is 31.3 Å². The van der Waals surface area contributed by atoms with Crippen molar-refractivity contribution in [3.05, 3.63) is 52.6 Å². The van der Waals surface area contributed by atoms with Gasteiger partial charge in [-0.1, -0.05) is 0 Å². The predicted octanol–water partition coefficient (Wildman–Crippen LogP) is 1.30. The summed E-state index contributed by atoms with van der Waals surface area (Å²) in [5.74, 6) is 0.145. The number of anilines is 1. The summed E-state index contributed by atoms with van der Waals surface area (Å²) in [5.41, 5.74) is 5.51. The molecule has 0 radical (unpaired) electrons. The number of hydrogen-bond donors (Lipinski definition) is 3. The van der Waals surface area contributed by atoms with Gasteiger partial charge in [-0.25, -0.2) is 19.5 Å². The molecule has 0 bridgehead atoms. The highest BCUT2D eigenvalue weighted by atomic mass is 31.2. The van der Waals surface area contributed by atoms with E-state index in [1.165, 1.54) is 36.9 Å². The Balaban J connectivity index is 1.88. The topological polar surface area (TPSA) is 189 Å². The van der Waals surface area contributed by atoms with Gasteiger partial charge in [0.25, 0.3) is 5.69 Å². The Morgan fingerprint density at radius 1 is 1.33 bits per heavy atom. The van der Waals surface area contributed by atoms with Crippen LogP contribution in [-0.2, 0) is 19.6 Å². The van der Waals surface area contributed by atoms with E-state index in [0.29, 0.717) is 16.7 Å². The summed E-state index contributed by atoms with van der Waals surface area (Å²) in [6, 6.07) is 5.62. The summed E-state index contributed by atoms with van der Waals surface area (Å²) in [6.07, 6.45) is 0.944. The lowest BCUT2D eigenvalue weighted by atomic mass is 9.97. The van der Waals surface area contributed by atoms with Gasteiger partial charge in [-0.15, -0.1) is 0 Å². The van der Waals surface area contributed by atoms with Gasteiger partial charge in [0.2, 0.25) is 0 Å². The van der Waals surface area contributed by atoms with E-state index < -0.39 is 30.7 Å². The number of phosphoric ester groups is 1. The maximum absolute atomic E-state index is 11.4. The molecule has 1 saturated heterocycles. The van der Waals surface area contributed by atoms with Crippen LogP contribution in [0.3, 0.4) is 0 Å². The average molecular weight is 436 g/mol. The molecule has 0 saturated carbocycles. The molecule has 3 heterocycles. The van der Waals surface area contributed by atoms with E-state index in [2.05, 4.69) is 15.0 Å². The van der Waals surface area contributed by atoms with Crippen LogP contribution in [0.25, 0.3) is 11.2 Å². The molecule has 1 aliphatic rings. The third-order valence-corrected chi connectivity index (χ3v) is 5.48. The van der Waals surface area contributed by atoms with Crippen LogP contribution >= 0.6 is 7.82 Å². The molecule has 3 aromatic rings. The highest BCUT2D eigenvalue weighted by molar-refractivity contribution is 7.46. The number of fused-ring (bicyclic) bond motifs is 1. The van der Waals surface area contributed by atoms with E-state index in [1.54, 1.807) is 11.5 Å². The van der Waals surface area contributed by atoms with E-state index in [4.69, 9.17) is 15.0 Å². The van der Waals surface area contributed by atoms with E-state index in [1.807, 2.05) is 0 Å². The van der Waals surface area contributed by atoms with Gasteiger partial charge in [-0.3, -0.25) is 19.2 Å². The van der Waals surface area contributed by atoms with E-state index in [-0.39, 0.29) is 17.9 Å². The normalized spacial score (nSPS) is 24.4. The predicted molar refractivity (Wildman–Crippen MR) is 102 cm³/mol. The van der Waals surface area contributed by atoms with Crippen molar-refractivity contribution >= 4 is 30.5 Å². The SMILES string of the molecule is C[C@H]1O[C@@](c2ccc([N+](=O)[O-])cc2)(n2cnc3c(N)ncnc32)C[C@@H]1OP(=O)(O)O. The zero-order valence-electron chi connectivity index (χ0n) is 15.5. The third kappa shape index (κ3) is 3.42. The molecule has 2 aromatic heterocycles. The van der Waals surface area contributed by atoms with E-state index >= 15 is 0 Å². The molecule has 1 aromatic carbocycles. The molecule has 0 unspecified atom stereocenters. The second-order valence-corrected chi connectivity index (χ2v) is 7.99. The fraction of sp³-hybridized carbons (Fsp3) is 0.312. The first-order chi connectivity index (χ1) is 14.1. The van der Waals surface area contributed by atoms with Crippen molar-refractivity contribution in [1.82, 2.24) is 19.5 Å². The highest BCUT2D eigenvalue weighted by Crippen LogP contribution is 2.48. The minimum absolute atomic E-state index is 0.0214. The summed E-state index contributed by atoms with van der Waals surface area (Å²) in [6.45, 7) is 1.61. The summed E-state index contributed by atoms with van der Waals surface area (Å²) >= 11 is 0. The fourth-order valence-electron chi connectivity index (χ4n) is 3.61. The quantitative estimate of drug-likeness (QED) is 0.297. The number of nitrogens with two attached hydrogens (primary N) is 1. The van der Waals surface area contributed by atoms with Crippen molar-refractivity contribution in [1.29, 1.82) is 0 Å². The van der Waals surface area contributed by atoms with E-state index in [9.17, 15) is 24.5 Å². The summed E-state index contributed by atoms with van der Waals surface area (Å²) in [7, 11) is -4.79. The van der Waals surface area contributed by atoms with Gasteiger partial charge in [-0.2, -0.15) is 0 Å². The Morgan fingerprint density at radius 3 is 2.67 bits per heavy atom. The Hall–Kier alpha value is -2.96. The summed E-state index contributed by atoms with van der Waals surface area (Å²) in [5, 5.41) is 11.0. The third-order valence-electron chi connectivity index (χ3n) is 4.94. The number of nitrogens with zero attached hydrogens (tertiary/aromatic N) is 5. The van der Waals surface area contributed by atoms with Crippen LogP contribution < -0.4 is 5.73 Å². The molecule has 1 fully saturated rings. The molecular weight excluding hydrogens is 419 g/mol. The van der Waals surface area contributed by atoms with Crippen molar-refractivity contribution in [3.63, 3.8) is 0 Å². The number of nitro groups is 1. The van der Waals surface area contributed by atoms with Crippen LogP contribution in [0.5, 0.6) is 0 Å². The lowest BCUT2D eigenvalue weighted by molar-refractivity contribution is -0.384. The van der Waals surface area contributed by atoms with Gasteiger partial charge in [0.1, 0.15) is 17.9 Å². The lowest BCUT2D eigenvalue weighted by Gasteiger charge is -2.31. The van der Waals surface area contributed by atoms with Crippen molar-refractivity contribution in [2.75, 3.05) is 5.73 Å². The highest BCUT2D eigenvalue weighted by Gasteiger charge is 2.50. The van der Waals surface area contributed by atoms with Crippen LogP contribution in [0.4, 0.5) is 11.5 Å². The number of non-ortho nitro benzene ring substituents is 1. The molecule has 0 spiro atoms. The van der Waals surface area contributed by atoms with Crippen LogP contribution in [0.15, 0.2) is 36.9 Å². The smallest absolute Gasteiger partial charge is 0.382 e. The molecule has 13 nitrogen and oxygen atoms in total. The number of nitrogen functional groups attached to an aromatic ring is 1. The largest absolute Gasteiger partial charge is 0.469 e. The summed E-state index contributed by atoms with van der Waals surface area (Å²) in [4.78, 5) is 41.4. The molecule has 0 amide bonds. The number of hydrogen-bond acceptors (Lipinski definition) is 9. The first-order valence-corrected chi connectivity index (χ1v) is 10.2. The minimum atomic E-state index is -4.79. The first-order valence-electron chi connectivity index (χ1n) is 8.71. The number of benzene rings is 1. The molecule has 4 rings (SSSR count). The second-order valence-electron chi connectivity index (χ2n) is 6.80. The Kier molecular flexibility index (Phi) is 4.79. The van der Waals surface area contributed by atoms with Gasteiger partial charge in [0.15, 0.2) is 17.2 Å². The lowest BCUT2D eigenvalue weighted by Crippen LogP contribution is -2.35. The fourth-order valence-corrected chi connectivity index (χ4v) is 4.21. The van der Waals surface area contributed by atoms with Crippen molar-refractivity contribution < 1.29 is 28.5 Å². The zero-order chi connectivity index (χ0) is 21.7. The molecule has 4 N–H and O–H groups in total. The first kappa shape index (κ1) is 20.3. The maximum Gasteiger partial charge on any atom is 0.469 e. The Labute approximate surface area is 168 Å². The molecular formula is C16H17N6O7P. The zero-order valence-corrected chi connectivity index (χ0v) is 16.4. The Bertz CT molecular complexity index is 1160. The number of nitro benzene ring substituents is 1. The minimum Gasteiger partial charge on any atom is -0.382 e. The molecule has 1 aliphatic heterocycles. The number of rotatable bonds is 5. The van der Waals surface area contributed by atoms with Crippen molar-refractivity contribution in [3.8, 4) is 0 Å². The number of aromatic nitrogens is 4. The molecule has 158 valence electrons. The van der Waals surface area contributed by atoms with Gasteiger partial charge in [-0.05, 0) is 19.1 Å². The number of phosphoric acid groups is 1. The monoisotopic (exact) mass is 436 g/mol. The second kappa shape index (κ2) is 7.07. The molecule has 0 aliphatic carbocycles. The van der Waals surface area contributed by atoms with Gasteiger partial charge >= 0.3 is 7.82 Å². The van der Waals surface area contributed by atoms with Crippen LogP contribution in [0.2, 0.25) is 0 Å². The summed E-state index contributed by atoms with van der Waals surface area (Å²) < 4.78 is 24.1. The van der Waals surface area contributed by atoms with Crippen LogP contribution in [0.1, 0.15) is 18.9 Å². The number of ether oxygens (including phenoxy) is 1. The standard InChI is InChI=1S/C16H17N6O7P/c1-9-12(29-30(25,26)27)6-16(28-9,10-2-4-11(5-3-10)22(23)24)21-8-20-13-14(17)18-7-19-15(13)21/h2-5,7-9,12H,6H2,1H3,(H2,17,18,19)(H2,25,26,27)/t9-,12+,16+/m1/s1. The molecule has 14 heteroatoms. The van der Waals surface area contributed by atoms with Gasteiger partial charge in [0, 0.05) is 24.1 Å². The Morgan fingerprint density at radius 2 is 2.03 bits per heavy atom. The van der Waals surface area contributed by atoms with Crippen LogP contribution in [-0.4, -0.2) is 46.4 Å². The van der Waals surface area contributed by atoms with Gasteiger partial charge in [0.05, 0.1) is 17.4 Å². The van der Waals surface area contributed by atoms with E-state index in [0.717, 1.165) is 0 Å². The molecule has 30 heavy (non-hydrogen) atoms. The number of imidazole rings is 1. The van der Waals surface area contributed by atoms with Gasteiger partial charge < -0.3 is 20.3 Å². The van der Waals surface area contributed by atoms with Crippen LogP contribution in [0, 0.1) is 10.1 Å². The maximum atomic E-state index is 11.4. The average Bonchev–Trinajstić information content (AvgIpc) is 3.24.